The molecule has 1 atom stereocenters. The molecular formula is C20H31N5O3. The average molecular weight is 390 g/mol. The molecule has 1 aliphatic heterocycles. The molecule has 0 bridgehead atoms. The van der Waals surface area contributed by atoms with Crippen molar-refractivity contribution in [1.29, 1.82) is 0 Å². The Morgan fingerprint density at radius 2 is 1.68 bits per heavy atom. The summed E-state index contributed by atoms with van der Waals surface area (Å²) in [5.41, 5.74) is 6.83. The summed E-state index contributed by atoms with van der Waals surface area (Å²) in [7, 11) is 0. The molecule has 0 unspecified atom stereocenters. The molecule has 154 valence electrons. The zero-order valence-electron chi connectivity index (χ0n) is 16.7. The first-order chi connectivity index (χ1) is 13.4. The van der Waals surface area contributed by atoms with E-state index in [4.69, 9.17) is 5.73 Å². The van der Waals surface area contributed by atoms with Crippen LogP contribution in [0.1, 0.15) is 19.4 Å². The molecular weight excluding hydrogens is 358 g/mol. The van der Waals surface area contributed by atoms with Crippen molar-refractivity contribution in [3.05, 3.63) is 35.9 Å². The zero-order valence-corrected chi connectivity index (χ0v) is 16.7. The Kier molecular flexibility index (Phi) is 8.41. The molecule has 4 N–H and O–H groups in total. The lowest BCUT2D eigenvalue weighted by Crippen LogP contribution is -2.54. The van der Waals surface area contributed by atoms with Crippen LogP contribution in [-0.4, -0.2) is 72.8 Å². The quantitative estimate of drug-likeness (QED) is 0.558. The predicted molar refractivity (Wildman–Crippen MR) is 107 cm³/mol. The van der Waals surface area contributed by atoms with Crippen LogP contribution in [0.25, 0.3) is 0 Å². The molecule has 1 aromatic carbocycles. The Balaban J connectivity index is 1.65. The van der Waals surface area contributed by atoms with Gasteiger partial charge in [-0.25, -0.2) is 0 Å². The van der Waals surface area contributed by atoms with Crippen molar-refractivity contribution < 1.29 is 14.4 Å². The Labute approximate surface area is 166 Å². The Hall–Kier alpha value is -2.45. The number of nitrogens with two attached hydrogens (primary N) is 1. The van der Waals surface area contributed by atoms with Crippen molar-refractivity contribution in [3.63, 3.8) is 0 Å². The SMILES string of the molecule is CC(C)[C@H](N)C(=O)NCC(=O)N1CCN(CC(=O)NCc2ccccc2)CC1. The molecule has 0 radical (unpaired) electrons. The van der Waals surface area contributed by atoms with Gasteiger partial charge in [0, 0.05) is 32.7 Å². The van der Waals surface area contributed by atoms with Crippen molar-refractivity contribution in [1.82, 2.24) is 20.4 Å². The van der Waals surface area contributed by atoms with E-state index in [1.807, 2.05) is 49.1 Å². The van der Waals surface area contributed by atoms with E-state index in [1.165, 1.54) is 0 Å². The second-order valence-electron chi connectivity index (χ2n) is 7.41. The first kappa shape index (κ1) is 21.8. The lowest BCUT2D eigenvalue weighted by molar-refractivity contribution is -0.135. The van der Waals surface area contributed by atoms with Crippen LogP contribution >= 0.6 is 0 Å². The van der Waals surface area contributed by atoms with Crippen LogP contribution in [0.2, 0.25) is 0 Å². The largest absolute Gasteiger partial charge is 0.351 e. The first-order valence-electron chi connectivity index (χ1n) is 9.71. The van der Waals surface area contributed by atoms with Gasteiger partial charge in [-0.1, -0.05) is 44.2 Å². The number of carbonyl (C=O) groups is 3. The lowest BCUT2D eigenvalue weighted by Gasteiger charge is -2.34. The molecule has 0 aliphatic carbocycles. The summed E-state index contributed by atoms with van der Waals surface area (Å²) in [6, 6.07) is 9.15. The standard InChI is InChI=1S/C20H31N5O3/c1-15(2)19(21)20(28)23-13-18(27)25-10-8-24(9-11-25)14-17(26)22-12-16-6-4-3-5-7-16/h3-7,15,19H,8-14,21H2,1-2H3,(H,22,26)(H,23,28)/t19-/m0/s1. The van der Waals surface area contributed by atoms with Crippen molar-refractivity contribution in [2.75, 3.05) is 39.3 Å². The fourth-order valence-corrected chi connectivity index (χ4v) is 2.91. The number of nitrogens with zero attached hydrogens (tertiary/aromatic N) is 2. The van der Waals surface area contributed by atoms with E-state index < -0.39 is 6.04 Å². The molecule has 1 heterocycles. The smallest absolute Gasteiger partial charge is 0.242 e. The van der Waals surface area contributed by atoms with Crippen LogP contribution in [0, 0.1) is 5.92 Å². The molecule has 1 saturated heterocycles. The molecule has 28 heavy (non-hydrogen) atoms. The summed E-state index contributed by atoms with van der Waals surface area (Å²) < 4.78 is 0. The van der Waals surface area contributed by atoms with E-state index in [-0.39, 0.29) is 30.2 Å². The van der Waals surface area contributed by atoms with Crippen molar-refractivity contribution in [2.45, 2.75) is 26.4 Å². The van der Waals surface area contributed by atoms with Gasteiger partial charge < -0.3 is 21.3 Å². The third kappa shape index (κ3) is 6.94. The fraction of sp³-hybridized carbons (Fsp3) is 0.550. The number of nitrogens with one attached hydrogen (secondary N) is 2. The third-order valence-corrected chi connectivity index (χ3v) is 4.86. The van der Waals surface area contributed by atoms with Crippen molar-refractivity contribution >= 4 is 17.7 Å². The van der Waals surface area contributed by atoms with E-state index in [1.54, 1.807) is 4.90 Å². The highest BCUT2D eigenvalue weighted by Crippen LogP contribution is 2.03. The lowest BCUT2D eigenvalue weighted by atomic mass is 10.1. The van der Waals surface area contributed by atoms with Crippen LogP contribution < -0.4 is 16.4 Å². The van der Waals surface area contributed by atoms with Gasteiger partial charge in [0.15, 0.2) is 0 Å². The van der Waals surface area contributed by atoms with Crippen LogP contribution in [0.5, 0.6) is 0 Å². The van der Waals surface area contributed by atoms with Crippen LogP contribution in [-0.2, 0) is 20.9 Å². The minimum Gasteiger partial charge on any atom is -0.351 e. The second-order valence-corrected chi connectivity index (χ2v) is 7.41. The van der Waals surface area contributed by atoms with E-state index in [2.05, 4.69) is 10.6 Å². The molecule has 0 saturated carbocycles. The number of piperazine rings is 1. The number of carbonyl (C=O) groups excluding carboxylic acids is 3. The molecule has 8 nitrogen and oxygen atoms in total. The van der Waals surface area contributed by atoms with Gasteiger partial charge in [-0.2, -0.15) is 0 Å². The van der Waals surface area contributed by atoms with Gasteiger partial charge in [-0.15, -0.1) is 0 Å². The van der Waals surface area contributed by atoms with E-state index in [9.17, 15) is 14.4 Å². The number of hydrogen-bond acceptors (Lipinski definition) is 5. The maximum absolute atomic E-state index is 12.3. The predicted octanol–water partition coefficient (Wildman–Crippen LogP) is -0.453. The summed E-state index contributed by atoms with van der Waals surface area (Å²) in [5, 5.41) is 5.52. The molecule has 1 aromatic rings. The number of rotatable bonds is 8. The first-order valence-corrected chi connectivity index (χ1v) is 9.71. The van der Waals surface area contributed by atoms with Crippen molar-refractivity contribution in [3.8, 4) is 0 Å². The summed E-state index contributed by atoms with van der Waals surface area (Å²) in [6.07, 6.45) is 0. The highest BCUT2D eigenvalue weighted by Gasteiger charge is 2.24. The molecule has 3 amide bonds. The van der Waals surface area contributed by atoms with E-state index in [0.717, 1.165) is 5.56 Å². The van der Waals surface area contributed by atoms with Crippen LogP contribution in [0.3, 0.4) is 0 Å². The summed E-state index contributed by atoms with van der Waals surface area (Å²) in [6.45, 7) is 6.84. The van der Waals surface area contributed by atoms with Crippen LogP contribution in [0.15, 0.2) is 30.3 Å². The zero-order chi connectivity index (χ0) is 20.5. The second kappa shape index (κ2) is 10.8. The van der Waals surface area contributed by atoms with Gasteiger partial charge >= 0.3 is 0 Å². The Morgan fingerprint density at radius 3 is 2.29 bits per heavy atom. The number of benzene rings is 1. The van der Waals surface area contributed by atoms with E-state index in [0.29, 0.717) is 39.3 Å². The molecule has 1 aliphatic rings. The topological polar surface area (TPSA) is 108 Å². The fourth-order valence-electron chi connectivity index (χ4n) is 2.91. The Morgan fingerprint density at radius 1 is 1.04 bits per heavy atom. The minimum atomic E-state index is -0.612. The van der Waals surface area contributed by atoms with Gasteiger partial charge in [0.25, 0.3) is 0 Å². The Bertz CT molecular complexity index is 657. The van der Waals surface area contributed by atoms with Crippen molar-refractivity contribution in [2.24, 2.45) is 11.7 Å². The number of hydrogen-bond donors (Lipinski definition) is 3. The minimum absolute atomic E-state index is 0.0201. The van der Waals surface area contributed by atoms with Gasteiger partial charge in [0.1, 0.15) is 0 Å². The van der Waals surface area contributed by atoms with Crippen LogP contribution in [0.4, 0.5) is 0 Å². The number of amides is 3. The average Bonchev–Trinajstić information content (AvgIpc) is 2.70. The summed E-state index contributed by atoms with van der Waals surface area (Å²) in [4.78, 5) is 39.9. The molecule has 0 spiro atoms. The molecule has 8 heteroatoms. The molecule has 0 aromatic heterocycles. The van der Waals surface area contributed by atoms with Gasteiger partial charge in [0.05, 0.1) is 19.1 Å². The highest BCUT2D eigenvalue weighted by atomic mass is 16.2. The normalized spacial score (nSPS) is 15.9. The molecule has 1 fully saturated rings. The maximum atomic E-state index is 12.3. The maximum Gasteiger partial charge on any atom is 0.242 e. The summed E-state index contributed by atoms with van der Waals surface area (Å²) >= 11 is 0. The monoisotopic (exact) mass is 389 g/mol. The summed E-state index contributed by atoms with van der Waals surface area (Å²) in [5.74, 6) is -0.445. The van der Waals surface area contributed by atoms with Gasteiger partial charge in [-0.3, -0.25) is 19.3 Å². The van der Waals surface area contributed by atoms with Gasteiger partial charge in [-0.05, 0) is 11.5 Å². The molecule has 2 rings (SSSR count). The van der Waals surface area contributed by atoms with E-state index >= 15 is 0 Å². The third-order valence-electron chi connectivity index (χ3n) is 4.86. The highest BCUT2D eigenvalue weighted by molar-refractivity contribution is 5.87. The van der Waals surface area contributed by atoms with Gasteiger partial charge in [0.2, 0.25) is 17.7 Å².